The first kappa shape index (κ1) is 10.4. The highest BCUT2D eigenvalue weighted by molar-refractivity contribution is 6.11. The van der Waals surface area contributed by atoms with Gasteiger partial charge in [-0.1, -0.05) is 60.7 Å². The van der Waals surface area contributed by atoms with Crippen LogP contribution in [0.4, 0.5) is 0 Å². The van der Waals surface area contributed by atoms with Crippen LogP contribution in [0.2, 0.25) is 0 Å². The summed E-state index contributed by atoms with van der Waals surface area (Å²) < 4.78 is 0. The maximum atomic E-state index is 3.53. The molecule has 3 aromatic carbocycles. The normalized spacial score (nSPS) is 11.2. The Labute approximate surface area is 111 Å². The number of aromatic nitrogens is 1. The second-order valence-electron chi connectivity index (χ2n) is 4.67. The molecule has 0 aliphatic rings. The van der Waals surface area contributed by atoms with E-state index < -0.39 is 0 Å². The number of benzene rings is 3. The second-order valence-corrected chi connectivity index (χ2v) is 4.67. The molecule has 1 aromatic heterocycles. The molecule has 0 unspecified atom stereocenters. The molecule has 0 atom stereocenters. The van der Waals surface area contributed by atoms with Gasteiger partial charge in [0.15, 0.2) is 0 Å². The fourth-order valence-corrected chi connectivity index (χ4v) is 2.66. The summed E-state index contributed by atoms with van der Waals surface area (Å²) in [7, 11) is 0. The first-order chi connectivity index (χ1) is 9.43. The molecule has 0 aliphatic carbocycles. The molecule has 4 aromatic rings. The van der Waals surface area contributed by atoms with Crippen LogP contribution in [0.5, 0.6) is 0 Å². The van der Waals surface area contributed by atoms with Gasteiger partial charge in [-0.2, -0.15) is 0 Å². The number of hydrogen-bond acceptors (Lipinski definition) is 0. The lowest BCUT2D eigenvalue weighted by Gasteiger charge is -2.02. The van der Waals surface area contributed by atoms with Crippen LogP contribution < -0.4 is 0 Å². The summed E-state index contributed by atoms with van der Waals surface area (Å²) >= 11 is 0. The average molecular weight is 242 g/mol. The van der Waals surface area contributed by atoms with Gasteiger partial charge in [-0.3, -0.25) is 0 Å². The third-order valence-electron chi connectivity index (χ3n) is 3.54. The molecule has 0 bridgehead atoms. The Morgan fingerprint density at radius 3 is 2.47 bits per heavy atom. The van der Waals surface area contributed by atoms with Gasteiger partial charge in [-0.25, -0.2) is 0 Å². The molecule has 1 radical (unpaired) electrons. The number of rotatable bonds is 1. The highest BCUT2D eigenvalue weighted by Crippen LogP contribution is 2.32. The zero-order valence-corrected chi connectivity index (χ0v) is 10.4. The van der Waals surface area contributed by atoms with E-state index in [1.54, 1.807) is 0 Å². The Hall–Kier alpha value is -2.54. The van der Waals surface area contributed by atoms with E-state index in [0.717, 1.165) is 5.56 Å². The fourth-order valence-electron chi connectivity index (χ4n) is 2.66. The molecule has 1 nitrogen and oxygen atoms in total. The fraction of sp³-hybridized carbons (Fsp3) is 0. The molecule has 4 rings (SSSR count). The third kappa shape index (κ3) is 1.55. The lowest BCUT2D eigenvalue weighted by molar-refractivity contribution is 1.53. The summed E-state index contributed by atoms with van der Waals surface area (Å²) in [5, 5.41) is 2.54. The summed E-state index contributed by atoms with van der Waals surface area (Å²) in [6.07, 6.45) is 0. The smallest absolute Gasteiger partial charge is 0.0544 e. The maximum Gasteiger partial charge on any atom is 0.0544 e. The molecule has 1 heterocycles. The molecule has 19 heavy (non-hydrogen) atoms. The number of H-pyrrole nitrogens is 1. The van der Waals surface area contributed by atoms with Crippen LogP contribution in [-0.4, -0.2) is 4.98 Å². The van der Waals surface area contributed by atoms with Crippen molar-refractivity contribution in [1.29, 1.82) is 0 Å². The van der Waals surface area contributed by atoms with Gasteiger partial charge in [0.25, 0.3) is 0 Å². The molecular formula is C18H12N. The number of aromatic amines is 1. The largest absolute Gasteiger partial charge is 0.354 e. The SMILES string of the molecule is [c]1ccccc1-c1cccc2c1[nH]c1ccccc12. The molecule has 1 N–H and O–H groups in total. The van der Waals surface area contributed by atoms with Crippen molar-refractivity contribution in [2.75, 3.05) is 0 Å². The number of hydrogen-bond donors (Lipinski definition) is 1. The highest BCUT2D eigenvalue weighted by atomic mass is 14.7. The van der Waals surface area contributed by atoms with Crippen LogP contribution in [0.3, 0.4) is 0 Å². The van der Waals surface area contributed by atoms with Crippen molar-refractivity contribution in [3.63, 3.8) is 0 Å². The van der Waals surface area contributed by atoms with Gasteiger partial charge in [0, 0.05) is 21.9 Å². The number of nitrogens with one attached hydrogen (secondary N) is 1. The van der Waals surface area contributed by atoms with E-state index >= 15 is 0 Å². The van der Waals surface area contributed by atoms with Crippen LogP contribution in [0.15, 0.2) is 66.7 Å². The van der Waals surface area contributed by atoms with Gasteiger partial charge >= 0.3 is 0 Å². The van der Waals surface area contributed by atoms with Gasteiger partial charge in [-0.05, 0) is 17.7 Å². The van der Waals surface area contributed by atoms with Crippen LogP contribution in [0.1, 0.15) is 0 Å². The topological polar surface area (TPSA) is 15.8 Å². The van der Waals surface area contributed by atoms with E-state index in [1.165, 1.54) is 27.4 Å². The Bertz CT molecular complexity index is 857. The van der Waals surface area contributed by atoms with Gasteiger partial charge in [0.05, 0.1) is 5.52 Å². The lowest BCUT2D eigenvalue weighted by atomic mass is 10.0. The van der Waals surface area contributed by atoms with Crippen LogP contribution >= 0.6 is 0 Å². The standard InChI is InChI=1S/C18H12N/c1-2-7-13(8-3-1)14-10-6-11-16-15-9-4-5-12-17(15)19-18(14)16/h1-7,9-12,19H. The van der Waals surface area contributed by atoms with Crippen molar-refractivity contribution in [2.45, 2.75) is 0 Å². The molecular weight excluding hydrogens is 230 g/mol. The van der Waals surface area contributed by atoms with E-state index in [0.29, 0.717) is 0 Å². The maximum absolute atomic E-state index is 3.53. The summed E-state index contributed by atoms with van der Waals surface area (Å²) in [6, 6.07) is 26.2. The molecule has 0 saturated carbocycles. The highest BCUT2D eigenvalue weighted by Gasteiger charge is 2.08. The van der Waals surface area contributed by atoms with Gasteiger partial charge in [0.1, 0.15) is 0 Å². The predicted molar refractivity (Wildman–Crippen MR) is 80.1 cm³/mol. The zero-order chi connectivity index (χ0) is 12.7. The molecule has 0 amide bonds. The number of para-hydroxylation sites is 2. The first-order valence-electron chi connectivity index (χ1n) is 6.40. The Balaban J connectivity index is 2.13. The molecule has 89 valence electrons. The Morgan fingerprint density at radius 1 is 0.737 bits per heavy atom. The van der Waals surface area contributed by atoms with Gasteiger partial charge < -0.3 is 4.98 Å². The van der Waals surface area contributed by atoms with Crippen LogP contribution in [-0.2, 0) is 0 Å². The number of fused-ring (bicyclic) bond motifs is 3. The van der Waals surface area contributed by atoms with Gasteiger partial charge in [0.2, 0.25) is 0 Å². The van der Waals surface area contributed by atoms with E-state index in [1.807, 2.05) is 18.2 Å². The third-order valence-corrected chi connectivity index (χ3v) is 3.54. The van der Waals surface area contributed by atoms with Crippen molar-refractivity contribution in [1.82, 2.24) is 4.98 Å². The van der Waals surface area contributed by atoms with Crippen molar-refractivity contribution < 1.29 is 0 Å². The summed E-state index contributed by atoms with van der Waals surface area (Å²) in [5.74, 6) is 0. The minimum atomic E-state index is 1.12. The minimum absolute atomic E-state index is 1.12. The molecule has 0 fully saturated rings. The Morgan fingerprint density at radius 2 is 1.58 bits per heavy atom. The monoisotopic (exact) mass is 242 g/mol. The zero-order valence-electron chi connectivity index (χ0n) is 10.4. The lowest BCUT2D eigenvalue weighted by Crippen LogP contribution is -1.79. The van der Waals surface area contributed by atoms with Gasteiger partial charge in [-0.15, -0.1) is 0 Å². The van der Waals surface area contributed by atoms with E-state index in [4.69, 9.17) is 0 Å². The van der Waals surface area contributed by atoms with E-state index in [9.17, 15) is 0 Å². The minimum Gasteiger partial charge on any atom is -0.354 e. The molecule has 1 heteroatoms. The molecule has 0 saturated heterocycles. The quantitative estimate of drug-likeness (QED) is 0.494. The molecule has 0 spiro atoms. The van der Waals surface area contributed by atoms with Crippen molar-refractivity contribution in [3.8, 4) is 11.1 Å². The van der Waals surface area contributed by atoms with Crippen molar-refractivity contribution >= 4 is 21.8 Å². The summed E-state index contributed by atoms with van der Waals surface area (Å²) in [5.41, 5.74) is 4.70. The van der Waals surface area contributed by atoms with Crippen LogP contribution in [0, 0.1) is 6.07 Å². The van der Waals surface area contributed by atoms with Crippen LogP contribution in [0.25, 0.3) is 32.9 Å². The van der Waals surface area contributed by atoms with E-state index in [2.05, 4.69) is 59.6 Å². The predicted octanol–water partition coefficient (Wildman–Crippen LogP) is 4.79. The van der Waals surface area contributed by atoms with Crippen molar-refractivity contribution in [3.05, 3.63) is 72.8 Å². The summed E-state index contributed by atoms with van der Waals surface area (Å²) in [6.45, 7) is 0. The van der Waals surface area contributed by atoms with E-state index in [-0.39, 0.29) is 0 Å². The summed E-state index contributed by atoms with van der Waals surface area (Å²) in [4.78, 5) is 3.53. The first-order valence-corrected chi connectivity index (χ1v) is 6.40. The second kappa shape index (κ2) is 3.99. The van der Waals surface area contributed by atoms with Crippen molar-refractivity contribution in [2.24, 2.45) is 0 Å². The molecule has 0 aliphatic heterocycles. The Kier molecular flexibility index (Phi) is 2.18. The average Bonchev–Trinajstić information content (AvgIpc) is 2.87.